The molecule has 1 aromatic heterocycles. The van der Waals surface area contributed by atoms with Gasteiger partial charge in [0.15, 0.2) is 5.16 Å². The molecule has 0 unspecified atom stereocenters. The molecule has 7 heteroatoms. The van der Waals surface area contributed by atoms with Gasteiger partial charge in [-0.15, -0.1) is 0 Å². The third kappa shape index (κ3) is 4.49. The number of benzene rings is 1. The predicted octanol–water partition coefficient (Wildman–Crippen LogP) is 3.92. The number of thioether (sulfide) groups is 1. The zero-order valence-corrected chi connectivity index (χ0v) is 17.6. The second-order valence-corrected chi connectivity index (χ2v) is 8.95. The third-order valence-corrected chi connectivity index (χ3v) is 5.92. The molecule has 1 amide bonds. The highest BCUT2D eigenvalue weighted by atomic mass is 79.9. The first-order valence-electron chi connectivity index (χ1n) is 9.06. The van der Waals surface area contributed by atoms with Crippen molar-refractivity contribution >= 4 is 44.5 Å². The van der Waals surface area contributed by atoms with Gasteiger partial charge >= 0.3 is 0 Å². The predicted molar refractivity (Wildman–Crippen MR) is 110 cm³/mol. The number of piperidine rings is 1. The number of aromatic nitrogens is 2. The normalized spacial score (nSPS) is 15.0. The quantitative estimate of drug-likeness (QED) is 0.525. The zero-order valence-electron chi connectivity index (χ0n) is 15.2. The average Bonchev–Trinajstić information content (AvgIpc) is 2.63. The van der Waals surface area contributed by atoms with Crippen LogP contribution in [0, 0.1) is 5.92 Å². The smallest absolute Gasteiger partial charge is 0.262 e. The van der Waals surface area contributed by atoms with Gasteiger partial charge in [-0.3, -0.25) is 14.2 Å². The Hall–Kier alpha value is -1.34. The second-order valence-electron chi connectivity index (χ2n) is 7.10. The molecule has 0 atom stereocenters. The Morgan fingerprint density at radius 1 is 1.27 bits per heavy atom. The van der Waals surface area contributed by atoms with Crippen molar-refractivity contribution in [2.24, 2.45) is 5.92 Å². The maximum absolute atomic E-state index is 13.0. The van der Waals surface area contributed by atoms with Crippen LogP contribution >= 0.6 is 27.7 Å². The minimum Gasteiger partial charge on any atom is -0.342 e. The van der Waals surface area contributed by atoms with Crippen LogP contribution in [0.4, 0.5) is 0 Å². The molecule has 0 bridgehead atoms. The SMILES string of the molecule is CC(C)Cn1c(SCC(=O)N2CCCCC2)nc2ccc(Br)cc2c1=O. The van der Waals surface area contributed by atoms with Crippen LogP contribution in [0.1, 0.15) is 33.1 Å². The van der Waals surface area contributed by atoms with Crippen LogP contribution in [-0.4, -0.2) is 39.2 Å². The molecule has 1 saturated heterocycles. The number of halogens is 1. The summed E-state index contributed by atoms with van der Waals surface area (Å²) in [5.41, 5.74) is 0.629. The van der Waals surface area contributed by atoms with Gasteiger partial charge in [0.05, 0.1) is 16.7 Å². The van der Waals surface area contributed by atoms with E-state index < -0.39 is 0 Å². The van der Waals surface area contributed by atoms with Crippen LogP contribution in [0.3, 0.4) is 0 Å². The lowest BCUT2D eigenvalue weighted by Gasteiger charge is -2.26. The number of carbonyl (C=O) groups excluding carboxylic acids is 1. The molecule has 0 aliphatic carbocycles. The van der Waals surface area contributed by atoms with Gasteiger partial charge in [-0.2, -0.15) is 0 Å². The third-order valence-electron chi connectivity index (χ3n) is 4.46. The summed E-state index contributed by atoms with van der Waals surface area (Å²) < 4.78 is 2.58. The summed E-state index contributed by atoms with van der Waals surface area (Å²) in [6, 6.07) is 5.54. The Balaban J connectivity index is 1.89. The van der Waals surface area contributed by atoms with Crippen molar-refractivity contribution in [3.05, 3.63) is 33.0 Å². The number of hydrogen-bond acceptors (Lipinski definition) is 4. The van der Waals surface area contributed by atoms with Gasteiger partial charge in [0, 0.05) is 24.1 Å². The van der Waals surface area contributed by atoms with E-state index in [0.29, 0.717) is 34.3 Å². The lowest BCUT2D eigenvalue weighted by Crippen LogP contribution is -2.37. The minimum atomic E-state index is -0.0436. The van der Waals surface area contributed by atoms with Crippen LogP contribution in [0.2, 0.25) is 0 Å². The molecule has 0 saturated carbocycles. The number of fused-ring (bicyclic) bond motifs is 1. The highest BCUT2D eigenvalue weighted by molar-refractivity contribution is 9.10. The molecule has 2 heterocycles. The Morgan fingerprint density at radius 2 is 2.00 bits per heavy atom. The van der Waals surface area contributed by atoms with Gasteiger partial charge in [0.25, 0.3) is 5.56 Å². The Morgan fingerprint density at radius 3 is 2.69 bits per heavy atom. The van der Waals surface area contributed by atoms with E-state index in [-0.39, 0.29) is 11.5 Å². The molecule has 26 heavy (non-hydrogen) atoms. The Kier molecular flexibility index (Phi) is 6.40. The van der Waals surface area contributed by atoms with Crippen LogP contribution in [0.5, 0.6) is 0 Å². The lowest BCUT2D eigenvalue weighted by atomic mass is 10.1. The maximum atomic E-state index is 13.0. The fourth-order valence-corrected chi connectivity index (χ4v) is 4.44. The fourth-order valence-electron chi connectivity index (χ4n) is 3.17. The Labute approximate surface area is 166 Å². The van der Waals surface area contributed by atoms with E-state index in [9.17, 15) is 9.59 Å². The van der Waals surface area contributed by atoms with Gasteiger partial charge in [-0.25, -0.2) is 4.98 Å². The number of hydrogen-bond donors (Lipinski definition) is 0. The minimum absolute atomic E-state index is 0.0436. The van der Waals surface area contributed by atoms with Crippen molar-refractivity contribution in [3.63, 3.8) is 0 Å². The summed E-state index contributed by atoms with van der Waals surface area (Å²) in [5.74, 6) is 0.777. The second kappa shape index (κ2) is 8.57. The van der Waals surface area contributed by atoms with Crippen LogP contribution in [0.15, 0.2) is 32.6 Å². The van der Waals surface area contributed by atoms with E-state index in [1.54, 1.807) is 4.57 Å². The average molecular weight is 438 g/mol. The highest BCUT2D eigenvalue weighted by Crippen LogP contribution is 2.22. The maximum Gasteiger partial charge on any atom is 0.262 e. The topological polar surface area (TPSA) is 55.2 Å². The molecule has 0 N–H and O–H groups in total. The fraction of sp³-hybridized carbons (Fsp3) is 0.526. The molecule has 0 radical (unpaired) electrons. The molecule has 0 spiro atoms. The molecular weight excluding hydrogens is 414 g/mol. The molecule has 1 aliphatic rings. The van der Waals surface area contributed by atoms with Crippen molar-refractivity contribution in [3.8, 4) is 0 Å². The van der Waals surface area contributed by atoms with Gasteiger partial charge in [-0.05, 0) is 43.4 Å². The summed E-state index contributed by atoms with van der Waals surface area (Å²) in [4.78, 5) is 32.1. The first-order chi connectivity index (χ1) is 12.5. The largest absolute Gasteiger partial charge is 0.342 e. The molecule has 1 aromatic carbocycles. The zero-order chi connectivity index (χ0) is 18.7. The standard InChI is InChI=1S/C19H24BrN3O2S/c1-13(2)11-23-18(25)15-10-14(20)6-7-16(15)21-19(23)26-12-17(24)22-8-4-3-5-9-22/h6-7,10,13H,3-5,8-9,11-12H2,1-2H3. The monoisotopic (exact) mass is 437 g/mol. The van der Waals surface area contributed by atoms with Crippen molar-refractivity contribution in [1.29, 1.82) is 0 Å². The molecule has 2 aromatic rings. The van der Waals surface area contributed by atoms with Crippen LogP contribution < -0.4 is 5.56 Å². The van der Waals surface area contributed by atoms with Gasteiger partial charge in [0.2, 0.25) is 5.91 Å². The first kappa shape index (κ1) is 19.4. The Bertz CT molecular complexity index is 860. The molecule has 5 nitrogen and oxygen atoms in total. The van der Waals surface area contributed by atoms with Crippen LogP contribution in [0.25, 0.3) is 10.9 Å². The van der Waals surface area contributed by atoms with E-state index in [4.69, 9.17) is 0 Å². The molecule has 3 rings (SSSR count). The first-order valence-corrected chi connectivity index (χ1v) is 10.8. The van der Waals surface area contributed by atoms with Gasteiger partial charge in [-0.1, -0.05) is 41.5 Å². The summed E-state index contributed by atoms with van der Waals surface area (Å²) in [6.07, 6.45) is 3.36. The number of nitrogens with zero attached hydrogens (tertiary/aromatic N) is 3. The van der Waals surface area contributed by atoms with Crippen LogP contribution in [-0.2, 0) is 11.3 Å². The van der Waals surface area contributed by atoms with Gasteiger partial charge in [0.1, 0.15) is 0 Å². The van der Waals surface area contributed by atoms with Crippen molar-refractivity contribution in [2.45, 2.75) is 44.8 Å². The molecule has 1 fully saturated rings. The summed E-state index contributed by atoms with van der Waals surface area (Å²) in [6.45, 7) is 6.43. The summed E-state index contributed by atoms with van der Waals surface area (Å²) in [5, 5.41) is 1.23. The van der Waals surface area contributed by atoms with Crippen molar-refractivity contribution in [1.82, 2.24) is 14.5 Å². The molecular formula is C19H24BrN3O2S. The van der Waals surface area contributed by atoms with E-state index >= 15 is 0 Å². The van der Waals surface area contributed by atoms with Crippen molar-refractivity contribution in [2.75, 3.05) is 18.8 Å². The van der Waals surface area contributed by atoms with Gasteiger partial charge < -0.3 is 4.90 Å². The highest BCUT2D eigenvalue weighted by Gasteiger charge is 2.19. The van der Waals surface area contributed by atoms with E-state index in [0.717, 1.165) is 30.4 Å². The number of likely N-dealkylation sites (tertiary alicyclic amines) is 1. The number of rotatable bonds is 5. The summed E-state index contributed by atoms with van der Waals surface area (Å²) >= 11 is 4.80. The lowest BCUT2D eigenvalue weighted by molar-refractivity contribution is -0.129. The molecule has 140 valence electrons. The van der Waals surface area contributed by atoms with E-state index in [2.05, 4.69) is 34.8 Å². The van der Waals surface area contributed by atoms with Crippen molar-refractivity contribution < 1.29 is 4.79 Å². The number of carbonyl (C=O) groups is 1. The molecule has 1 aliphatic heterocycles. The summed E-state index contributed by atoms with van der Waals surface area (Å²) in [7, 11) is 0. The van der Waals surface area contributed by atoms with E-state index in [1.807, 2.05) is 23.1 Å². The number of amides is 1. The van der Waals surface area contributed by atoms with E-state index in [1.165, 1.54) is 18.2 Å².